The zero-order chi connectivity index (χ0) is 19.2. The summed E-state index contributed by atoms with van der Waals surface area (Å²) in [4.78, 5) is 2.27. The lowest BCUT2D eigenvalue weighted by molar-refractivity contribution is 0.0181. The summed E-state index contributed by atoms with van der Waals surface area (Å²) in [6.45, 7) is 7.25. The summed E-state index contributed by atoms with van der Waals surface area (Å²) in [5.74, 6) is 3.70. The lowest BCUT2D eigenvalue weighted by Gasteiger charge is -2.52. The summed E-state index contributed by atoms with van der Waals surface area (Å²) < 4.78 is 0. The van der Waals surface area contributed by atoms with Crippen LogP contribution in [0.3, 0.4) is 0 Å². The quantitative estimate of drug-likeness (QED) is 0.806. The Labute approximate surface area is 165 Å². The standard InChI is InChI=1S/C24H38N2O/c1-16(25-13-14-26(3)4)22-9-10-23-21-7-5-17-15-18(27)6-8-19(17)20(21)11-12-24(22,23)2/h6,8,15-16,20-23,25,27H,5,7,9-14H2,1-4H3/t16-,20-,21-,22-,23+,24-/m0/s1. The maximum Gasteiger partial charge on any atom is 0.115 e. The van der Waals surface area contributed by atoms with E-state index in [4.69, 9.17) is 0 Å². The Kier molecular flexibility index (Phi) is 5.28. The summed E-state index contributed by atoms with van der Waals surface area (Å²) in [7, 11) is 4.31. The van der Waals surface area contributed by atoms with E-state index < -0.39 is 0 Å². The number of phenols is 1. The van der Waals surface area contributed by atoms with Crippen LogP contribution in [0, 0.1) is 23.2 Å². The molecule has 0 aromatic heterocycles. The molecule has 27 heavy (non-hydrogen) atoms. The molecular weight excluding hydrogens is 332 g/mol. The highest BCUT2D eigenvalue weighted by atomic mass is 16.3. The van der Waals surface area contributed by atoms with Crippen molar-refractivity contribution < 1.29 is 5.11 Å². The van der Waals surface area contributed by atoms with E-state index in [-0.39, 0.29) is 0 Å². The van der Waals surface area contributed by atoms with Crippen LogP contribution in [0.1, 0.15) is 63.0 Å². The van der Waals surface area contributed by atoms with Crippen LogP contribution in [-0.2, 0) is 6.42 Å². The summed E-state index contributed by atoms with van der Waals surface area (Å²) in [5.41, 5.74) is 3.46. The van der Waals surface area contributed by atoms with Crippen LogP contribution in [0.25, 0.3) is 0 Å². The molecule has 0 aliphatic heterocycles. The van der Waals surface area contributed by atoms with Crippen LogP contribution in [-0.4, -0.2) is 43.2 Å². The van der Waals surface area contributed by atoms with Crippen LogP contribution in [0.15, 0.2) is 18.2 Å². The normalized spacial score (nSPS) is 36.2. The van der Waals surface area contributed by atoms with Gasteiger partial charge in [0.15, 0.2) is 0 Å². The van der Waals surface area contributed by atoms with Gasteiger partial charge >= 0.3 is 0 Å². The second kappa shape index (κ2) is 7.40. The van der Waals surface area contributed by atoms with Gasteiger partial charge in [0, 0.05) is 19.1 Å². The number of hydrogen-bond donors (Lipinski definition) is 2. The second-order valence-electron chi connectivity index (χ2n) is 10.1. The summed E-state index contributed by atoms with van der Waals surface area (Å²) in [6.07, 6.45) is 7.97. The van der Waals surface area contributed by atoms with E-state index in [1.165, 1.54) is 37.7 Å². The fraction of sp³-hybridized carbons (Fsp3) is 0.750. The lowest BCUT2D eigenvalue weighted by atomic mass is 9.53. The number of benzene rings is 1. The third-order valence-corrected chi connectivity index (χ3v) is 8.41. The molecule has 150 valence electrons. The summed E-state index contributed by atoms with van der Waals surface area (Å²) >= 11 is 0. The number of nitrogens with one attached hydrogen (secondary N) is 1. The van der Waals surface area contributed by atoms with E-state index in [1.54, 1.807) is 5.56 Å². The summed E-state index contributed by atoms with van der Waals surface area (Å²) in [6, 6.07) is 6.77. The molecule has 0 unspecified atom stereocenters. The van der Waals surface area contributed by atoms with Crippen LogP contribution >= 0.6 is 0 Å². The first-order chi connectivity index (χ1) is 12.9. The average molecular weight is 371 g/mol. The number of phenolic OH excluding ortho intramolecular Hbond substituents is 1. The number of hydrogen-bond acceptors (Lipinski definition) is 3. The Balaban J connectivity index is 1.49. The van der Waals surface area contributed by atoms with Crippen molar-refractivity contribution in [1.29, 1.82) is 0 Å². The van der Waals surface area contributed by atoms with Gasteiger partial charge in [-0.3, -0.25) is 0 Å². The molecule has 0 radical (unpaired) electrons. The molecular formula is C24H38N2O. The SMILES string of the molecule is C[C@H](NCCN(C)C)[C@@H]1CC[C@@H]2[C@H]3CCc4cc(O)ccc4[C@@H]3CC[C@]21C. The van der Waals surface area contributed by atoms with Gasteiger partial charge in [-0.05, 0) is 112 Å². The molecule has 2 fully saturated rings. The van der Waals surface area contributed by atoms with Crippen LogP contribution < -0.4 is 5.32 Å². The van der Waals surface area contributed by atoms with Crippen LogP contribution in [0.5, 0.6) is 5.75 Å². The van der Waals surface area contributed by atoms with Crippen molar-refractivity contribution in [3.63, 3.8) is 0 Å². The van der Waals surface area contributed by atoms with E-state index in [9.17, 15) is 5.11 Å². The van der Waals surface area contributed by atoms with Gasteiger partial charge in [-0.15, -0.1) is 0 Å². The smallest absolute Gasteiger partial charge is 0.115 e. The van der Waals surface area contributed by atoms with E-state index in [1.807, 2.05) is 12.1 Å². The first-order valence-electron chi connectivity index (χ1n) is 11.1. The molecule has 0 amide bonds. The highest BCUT2D eigenvalue weighted by Crippen LogP contribution is 2.63. The molecule has 0 saturated heterocycles. The number of nitrogens with zero attached hydrogens (tertiary/aromatic N) is 1. The molecule has 3 heteroatoms. The minimum absolute atomic E-state index is 0.436. The van der Waals surface area contributed by atoms with E-state index in [0.29, 0.717) is 17.2 Å². The van der Waals surface area contributed by atoms with Crippen molar-refractivity contribution in [2.45, 2.75) is 64.3 Å². The predicted octanol–water partition coefficient (Wildman–Crippen LogP) is 4.40. The molecule has 0 heterocycles. The maximum absolute atomic E-state index is 9.87. The molecule has 3 aliphatic rings. The largest absolute Gasteiger partial charge is 0.508 e. The Bertz CT molecular complexity index is 672. The number of likely N-dealkylation sites (N-methyl/N-ethyl adjacent to an activating group) is 1. The topological polar surface area (TPSA) is 35.5 Å². The number of rotatable bonds is 5. The van der Waals surface area contributed by atoms with Crippen molar-refractivity contribution in [1.82, 2.24) is 10.2 Å². The minimum atomic E-state index is 0.436. The first-order valence-corrected chi connectivity index (χ1v) is 11.1. The third-order valence-electron chi connectivity index (χ3n) is 8.41. The van der Waals surface area contributed by atoms with E-state index in [0.717, 1.165) is 43.2 Å². The molecule has 4 rings (SSSR count). The lowest BCUT2D eigenvalue weighted by Crippen LogP contribution is -2.48. The van der Waals surface area contributed by atoms with Gasteiger partial charge in [0.05, 0.1) is 0 Å². The predicted molar refractivity (Wildman–Crippen MR) is 112 cm³/mol. The molecule has 2 N–H and O–H groups in total. The monoisotopic (exact) mass is 370 g/mol. The van der Waals surface area contributed by atoms with Crippen LogP contribution in [0.4, 0.5) is 0 Å². The Morgan fingerprint density at radius 1 is 1.22 bits per heavy atom. The Hall–Kier alpha value is -1.06. The van der Waals surface area contributed by atoms with Crippen molar-refractivity contribution in [2.24, 2.45) is 23.2 Å². The van der Waals surface area contributed by atoms with Crippen molar-refractivity contribution in [3.05, 3.63) is 29.3 Å². The Morgan fingerprint density at radius 2 is 2.04 bits per heavy atom. The van der Waals surface area contributed by atoms with Crippen molar-refractivity contribution in [2.75, 3.05) is 27.2 Å². The van der Waals surface area contributed by atoms with Gasteiger partial charge in [0.1, 0.15) is 5.75 Å². The Morgan fingerprint density at radius 3 is 2.81 bits per heavy atom. The maximum atomic E-state index is 9.87. The molecule has 1 aromatic rings. The molecule has 0 bridgehead atoms. The molecule has 0 spiro atoms. The zero-order valence-corrected chi connectivity index (χ0v) is 17.7. The van der Waals surface area contributed by atoms with Gasteiger partial charge in [-0.2, -0.15) is 0 Å². The molecule has 6 atom stereocenters. The van der Waals surface area contributed by atoms with Gasteiger partial charge in [0.25, 0.3) is 0 Å². The fourth-order valence-electron chi connectivity index (χ4n) is 7.09. The van der Waals surface area contributed by atoms with Gasteiger partial charge in [-0.25, -0.2) is 0 Å². The van der Waals surface area contributed by atoms with Gasteiger partial charge < -0.3 is 15.3 Å². The highest BCUT2D eigenvalue weighted by Gasteiger charge is 2.55. The van der Waals surface area contributed by atoms with E-state index >= 15 is 0 Å². The molecule has 1 aromatic carbocycles. The minimum Gasteiger partial charge on any atom is -0.508 e. The molecule has 3 nitrogen and oxygen atoms in total. The second-order valence-corrected chi connectivity index (χ2v) is 10.1. The molecule has 3 aliphatic carbocycles. The summed E-state index contributed by atoms with van der Waals surface area (Å²) in [5, 5.41) is 13.7. The van der Waals surface area contributed by atoms with Crippen molar-refractivity contribution >= 4 is 0 Å². The highest BCUT2D eigenvalue weighted by molar-refractivity contribution is 5.40. The van der Waals surface area contributed by atoms with Crippen molar-refractivity contribution in [3.8, 4) is 5.75 Å². The molecule has 2 saturated carbocycles. The van der Waals surface area contributed by atoms with Crippen LogP contribution in [0.2, 0.25) is 0 Å². The van der Waals surface area contributed by atoms with E-state index in [2.05, 4.69) is 44.2 Å². The number of fused-ring (bicyclic) bond motifs is 5. The third kappa shape index (κ3) is 3.42. The fourth-order valence-corrected chi connectivity index (χ4v) is 7.09. The number of aryl methyl sites for hydroxylation is 1. The zero-order valence-electron chi connectivity index (χ0n) is 17.7. The number of aromatic hydroxyl groups is 1. The average Bonchev–Trinajstić information content (AvgIpc) is 2.98. The van der Waals surface area contributed by atoms with Gasteiger partial charge in [0.2, 0.25) is 0 Å². The van der Waals surface area contributed by atoms with Gasteiger partial charge in [-0.1, -0.05) is 13.0 Å². The first kappa shape index (κ1) is 19.3.